The summed E-state index contributed by atoms with van der Waals surface area (Å²) in [6.45, 7) is 5.30. The van der Waals surface area contributed by atoms with Crippen LogP contribution >= 0.6 is 0 Å². The van der Waals surface area contributed by atoms with Crippen LogP contribution in [0.15, 0.2) is 24.3 Å². The van der Waals surface area contributed by atoms with Crippen molar-refractivity contribution in [2.45, 2.75) is 103 Å². The van der Waals surface area contributed by atoms with Crippen LogP contribution in [0.5, 0.6) is 5.75 Å². The Morgan fingerprint density at radius 1 is 0.963 bits per heavy atom. The van der Waals surface area contributed by atoms with Gasteiger partial charge in [0.2, 0.25) is 0 Å². The average Bonchev–Trinajstić information content (AvgIpc) is 2.72. The maximum absolute atomic E-state index is 9.86. The van der Waals surface area contributed by atoms with Crippen LogP contribution in [0, 0.1) is 16.7 Å². The first-order valence-corrected chi connectivity index (χ1v) is 11.4. The maximum atomic E-state index is 9.86. The largest absolute Gasteiger partial charge is 0.494 e. The molecule has 1 aliphatic rings. The van der Waals surface area contributed by atoms with E-state index in [1.165, 1.54) is 70.6 Å². The highest BCUT2D eigenvalue weighted by atomic mass is 16.5. The van der Waals surface area contributed by atoms with Crippen molar-refractivity contribution in [3.63, 3.8) is 0 Å². The Labute approximate surface area is 167 Å². The van der Waals surface area contributed by atoms with Crippen molar-refractivity contribution >= 4 is 0 Å². The fourth-order valence-electron chi connectivity index (χ4n) is 4.60. The van der Waals surface area contributed by atoms with Gasteiger partial charge in [-0.25, -0.2) is 0 Å². The molecule has 1 fully saturated rings. The Morgan fingerprint density at radius 2 is 1.67 bits per heavy atom. The summed E-state index contributed by atoms with van der Waals surface area (Å²) < 4.78 is 5.86. The van der Waals surface area contributed by atoms with E-state index in [0.29, 0.717) is 5.41 Å². The van der Waals surface area contributed by atoms with E-state index in [9.17, 15) is 5.26 Å². The monoisotopic (exact) mass is 369 g/mol. The molecule has 0 amide bonds. The van der Waals surface area contributed by atoms with Gasteiger partial charge >= 0.3 is 0 Å². The highest BCUT2D eigenvalue weighted by Crippen LogP contribution is 2.47. The summed E-state index contributed by atoms with van der Waals surface area (Å²) in [5.41, 5.74) is 1.56. The van der Waals surface area contributed by atoms with Gasteiger partial charge in [-0.15, -0.1) is 0 Å². The van der Waals surface area contributed by atoms with Gasteiger partial charge in [-0.05, 0) is 55.2 Å². The molecule has 0 N–H and O–H groups in total. The van der Waals surface area contributed by atoms with Crippen molar-refractivity contribution in [2.75, 3.05) is 6.61 Å². The SMILES string of the molecule is CCCCCCOc1ccc(C(C#N)CC2(CCCC)CCCCC2)cc1. The molecule has 1 aromatic rings. The molecule has 0 aliphatic heterocycles. The highest BCUT2D eigenvalue weighted by molar-refractivity contribution is 5.32. The van der Waals surface area contributed by atoms with Gasteiger partial charge in [-0.3, -0.25) is 0 Å². The maximum Gasteiger partial charge on any atom is 0.119 e. The summed E-state index contributed by atoms with van der Waals surface area (Å²) >= 11 is 0. The minimum absolute atomic E-state index is 0.0126. The first-order chi connectivity index (χ1) is 13.2. The summed E-state index contributed by atoms with van der Waals surface area (Å²) in [6.07, 6.45) is 16.4. The number of ether oxygens (including phenoxy) is 1. The molecule has 0 bridgehead atoms. The topological polar surface area (TPSA) is 33.0 Å². The van der Waals surface area contributed by atoms with Crippen LogP contribution in [-0.2, 0) is 0 Å². The molecule has 0 spiro atoms. The fourth-order valence-corrected chi connectivity index (χ4v) is 4.60. The van der Waals surface area contributed by atoms with E-state index in [1.54, 1.807) is 0 Å². The van der Waals surface area contributed by atoms with Crippen LogP contribution in [-0.4, -0.2) is 6.61 Å². The van der Waals surface area contributed by atoms with Crippen LogP contribution < -0.4 is 4.74 Å². The zero-order valence-corrected chi connectivity index (χ0v) is 17.6. The van der Waals surface area contributed by atoms with Crippen LogP contribution in [0.2, 0.25) is 0 Å². The molecular formula is C25H39NO. The van der Waals surface area contributed by atoms with Gasteiger partial charge in [0, 0.05) is 0 Å². The molecule has 0 radical (unpaired) electrons. The smallest absolute Gasteiger partial charge is 0.119 e. The number of benzene rings is 1. The minimum Gasteiger partial charge on any atom is -0.494 e. The number of nitrogens with zero attached hydrogens (tertiary/aromatic N) is 1. The normalized spacial score (nSPS) is 17.2. The minimum atomic E-state index is 0.0126. The summed E-state index contributed by atoms with van der Waals surface area (Å²) in [7, 11) is 0. The van der Waals surface area contributed by atoms with Crippen LogP contribution in [0.3, 0.4) is 0 Å². The Bertz CT molecular complexity index is 551. The van der Waals surface area contributed by atoms with E-state index in [4.69, 9.17) is 4.74 Å². The van der Waals surface area contributed by atoms with Gasteiger partial charge in [0.25, 0.3) is 0 Å². The first kappa shape index (κ1) is 21.8. The molecule has 2 nitrogen and oxygen atoms in total. The van der Waals surface area contributed by atoms with E-state index in [0.717, 1.165) is 30.8 Å². The second kappa shape index (κ2) is 12.1. The molecule has 1 saturated carbocycles. The lowest BCUT2D eigenvalue weighted by atomic mass is 9.66. The molecule has 1 unspecified atom stereocenters. The first-order valence-electron chi connectivity index (χ1n) is 11.4. The van der Waals surface area contributed by atoms with Crippen molar-refractivity contribution in [1.29, 1.82) is 5.26 Å². The standard InChI is InChI=1S/C25H39NO/c1-3-5-7-11-19-27-24-14-12-22(13-15-24)23(21-26)20-25(16-6-4-2)17-9-8-10-18-25/h12-15,23H,3-11,16-20H2,1-2H3. The van der Waals surface area contributed by atoms with Crippen molar-refractivity contribution < 1.29 is 4.74 Å². The van der Waals surface area contributed by atoms with Gasteiger partial charge in [0.1, 0.15) is 5.75 Å². The van der Waals surface area contributed by atoms with Gasteiger partial charge in [-0.2, -0.15) is 5.26 Å². The third-order valence-corrected chi connectivity index (χ3v) is 6.32. The lowest BCUT2D eigenvalue weighted by molar-refractivity contribution is 0.148. The van der Waals surface area contributed by atoms with Gasteiger partial charge in [0.15, 0.2) is 0 Å². The Hall–Kier alpha value is -1.49. The summed E-state index contributed by atoms with van der Waals surface area (Å²) in [6, 6.07) is 11.0. The van der Waals surface area contributed by atoms with Crippen molar-refractivity contribution in [3.8, 4) is 11.8 Å². The van der Waals surface area contributed by atoms with Crippen LogP contribution in [0.25, 0.3) is 0 Å². The predicted molar refractivity (Wildman–Crippen MR) is 114 cm³/mol. The predicted octanol–water partition coefficient (Wildman–Crippen LogP) is 7.78. The summed E-state index contributed by atoms with van der Waals surface area (Å²) in [5.74, 6) is 0.948. The Morgan fingerprint density at radius 3 is 2.30 bits per heavy atom. The van der Waals surface area contributed by atoms with Gasteiger partial charge in [-0.1, -0.05) is 77.3 Å². The molecule has 1 aromatic carbocycles. The second-order valence-corrected chi connectivity index (χ2v) is 8.53. The summed E-state index contributed by atoms with van der Waals surface area (Å²) in [4.78, 5) is 0. The zero-order chi connectivity index (χ0) is 19.4. The third-order valence-electron chi connectivity index (χ3n) is 6.32. The van der Waals surface area contributed by atoms with E-state index < -0.39 is 0 Å². The number of hydrogen-bond donors (Lipinski definition) is 0. The molecule has 2 heteroatoms. The lowest BCUT2D eigenvalue weighted by Crippen LogP contribution is -2.26. The third kappa shape index (κ3) is 7.21. The van der Waals surface area contributed by atoms with Crippen LogP contribution in [0.4, 0.5) is 0 Å². The lowest BCUT2D eigenvalue weighted by Gasteiger charge is -2.39. The molecular weight excluding hydrogens is 330 g/mol. The van der Waals surface area contributed by atoms with E-state index in [2.05, 4.69) is 44.2 Å². The second-order valence-electron chi connectivity index (χ2n) is 8.53. The molecule has 27 heavy (non-hydrogen) atoms. The number of hydrogen-bond acceptors (Lipinski definition) is 2. The zero-order valence-electron chi connectivity index (χ0n) is 17.6. The molecule has 150 valence electrons. The number of unbranched alkanes of at least 4 members (excludes halogenated alkanes) is 4. The van der Waals surface area contributed by atoms with Crippen molar-refractivity contribution in [3.05, 3.63) is 29.8 Å². The average molecular weight is 370 g/mol. The Kier molecular flexibility index (Phi) is 9.74. The van der Waals surface area contributed by atoms with Crippen LogP contribution in [0.1, 0.15) is 109 Å². The van der Waals surface area contributed by atoms with Gasteiger partial charge in [0.05, 0.1) is 18.6 Å². The van der Waals surface area contributed by atoms with E-state index in [1.807, 2.05) is 0 Å². The van der Waals surface area contributed by atoms with Gasteiger partial charge < -0.3 is 4.74 Å². The van der Waals surface area contributed by atoms with E-state index >= 15 is 0 Å². The molecule has 0 saturated heterocycles. The summed E-state index contributed by atoms with van der Waals surface area (Å²) in [5, 5.41) is 9.86. The molecule has 2 rings (SSSR count). The highest BCUT2D eigenvalue weighted by Gasteiger charge is 2.34. The fraction of sp³-hybridized carbons (Fsp3) is 0.720. The molecule has 0 aromatic heterocycles. The molecule has 1 atom stereocenters. The number of nitriles is 1. The Balaban J connectivity index is 1.94. The molecule has 0 heterocycles. The van der Waals surface area contributed by atoms with E-state index in [-0.39, 0.29) is 5.92 Å². The quantitative estimate of drug-likeness (QED) is 0.352. The van der Waals surface area contributed by atoms with Crippen molar-refractivity contribution in [1.82, 2.24) is 0 Å². The van der Waals surface area contributed by atoms with Crippen molar-refractivity contribution in [2.24, 2.45) is 5.41 Å². The number of rotatable bonds is 12. The molecule has 1 aliphatic carbocycles.